The highest BCUT2D eigenvalue weighted by Gasteiger charge is 2.15. The number of aromatic amines is 1. The topological polar surface area (TPSA) is 173 Å². The molecule has 13 nitrogen and oxygen atoms in total. The number of nitrogens with two attached hydrogens (primary N) is 1. The molecule has 0 saturated heterocycles. The zero-order valence-electron chi connectivity index (χ0n) is 23.6. The largest absolute Gasteiger partial charge is 0.461 e. The molecule has 1 aromatic carbocycles. The van der Waals surface area contributed by atoms with Crippen molar-refractivity contribution in [3.05, 3.63) is 58.0 Å². The van der Waals surface area contributed by atoms with Crippen molar-refractivity contribution in [2.75, 3.05) is 59.0 Å². The number of methoxy groups -OCH3 is 1. The van der Waals surface area contributed by atoms with Gasteiger partial charge in [0.1, 0.15) is 17.9 Å². The number of H-pyrrole nitrogens is 1. The molecule has 0 spiro atoms. The Labute approximate surface area is 238 Å². The molecule has 0 bridgehead atoms. The highest BCUT2D eigenvalue weighted by atomic mass is 16.5. The minimum atomic E-state index is -0.372. The van der Waals surface area contributed by atoms with Crippen molar-refractivity contribution in [1.82, 2.24) is 24.8 Å². The maximum atomic E-state index is 12.6. The van der Waals surface area contributed by atoms with Crippen LogP contribution in [0, 0.1) is 0 Å². The number of hydrogen-bond acceptors (Lipinski definition) is 10. The molecule has 0 aliphatic rings. The number of rotatable bonds is 19. The third-order valence-electron chi connectivity index (χ3n) is 6.04. The van der Waals surface area contributed by atoms with Gasteiger partial charge < -0.3 is 35.0 Å². The maximum absolute atomic E-state index is 12.6. The van der Waals surface area contributed by atoms with Gasteiger partial charge in [0.2, 0.25) is 5.91 Å². The van der Waals surface area contributed by atoms with Crippen LogP contribution >= 0.6 is 0 Å². The van der Waals surface area contributed by atoms with Gasteiger partial charge in [-0.3, -0.25) is 14.2 Å². The summed E-state index contributed by atoms with van der Waals surface area (Å²) in [6.07, 6.45) is 0.775. The Bertz CT molecular complexity index is 1370. The van der Waals surface area contributed by atoms with Crippen LogP contribution in [0.15, 0.2) is 41.2 Å². The van der Waals surface area contributed by atoms with E-state index in [9.17, 15) is 14.4 Å². The summed E-state index contributed by atoms with van der Waals surface area (Å²) in [4.78, 5) is 48.3. The fourth-order valence-electron chi connectivity index (χ4n) is 3.87. The molecule has 0 saturated carbocycles. The number of carbonyl (C=O) groups excluding carboxylic acids is 2. The minimum Gasteiger partial charge on any atom is -0.461 e. The van der Waals surface area contributed by atoms with E-state index in [0.29, 0.717) is 57.2 Å². The van der Waals surface area contributed by atoms with E-state index in [2.05, 4.69) is 26.8 Å². The zero-order valence-corrected chi connectivity index (χ0v) is 23.6. The normalized spacial score (nSPS) is 11.1. The lowest BCUT2D eigenvalue weighted by Gasteiger charge is -2.09. The molecule has 222 valence electrons. The van der Waals surface area contributed by atoms with Crippen LogP contribution in [0.4, 0.5) is 5.82 Å². The number of anilines is 1. The highest BCUT2D eigenvalue weighted by Crippen LogP contribution is 2.19. The Morgan fingerprint density at radius 2 is 1.78 bits per heavy atom. The Morgan fingerprint density at radius 3 is 2.51 bits per heavy atom. The Hall–Kier alpha value is -4.07. The number of benzene rings is 1. The van der Waals surface area contributed by atoms with Crippen LogP contribution in [0.2, 0.25) is 0 Å². The van der Waals surface area contributed by atoms with Gasteiger partial charge in [-0.1, -0.05) is 30.8 Å². The Balaban J connectivity index is 1.48. The molecule has 0 fully saturated rings. The summed E-state index contributed by atoms with van der Waals surface area (Å²) in [5, 5.41) is 2.70. The second kappa shape index (κ2) is 16.3. The molecule has 13 heteroatoms. The van der Waals surface area contributed by atoms with Crippen molar-refractivity contribution in [3.8, 4) is 6.01 Å². The third kappa shape index (κ3) is 9.81. The van der Waals surface area contributed by atoms with E-state index in [0.717, 1.165) is 11.1 Å². The number of imidazole rings is 1. The van der Waals surface area contributed by atoms with Crippen molar-refractivity contribution < 1.29 is 28.5 Å². The number of amides is 1. The fourth-order valence-corrected chi connectivity index (χ4v) is 3.87. The number of Topliss-reactive ketones (excluding diaryl/α,β-unsaturated/α-hetero) is 1. The van der Waals surface area contributed by atoms with Gasteiger partial charge in [-0.2, -0.15) is 9.97 Å². The van der Waals surface area contributed by atoms with Crippen molar-refractivity contribution in [2.45, 2.75) is 32.7 Å². The standard InChI is InChI=1S/C28H38N6O7/c1-4-39-14-15-40-12-11-30-26(36)19(2)17-22(35)10-9-20-5-7-21(8-6-20)18-34-25-23(31-28(34)37)24(29)32-27(33-25)41-16-13-38-3/h5-8H,2,4,9-18H2,1,3H3,(H,30,36)(H,31,37)(H2,29,32,33). The Morgan fingerprint density at radius 1 is 1.05 bits per heavy atom. The lowest BCUT2D eigenvalue weighted by Crippen LogP contribution is -2.29. The van der Waals surface area contributed by atoms with Gasteiger partial charge in [0.15, 0.2) is 11.5 Å². The monoisotopic (exact) mass is 570 g/mol. The second-order valence-corrected chi connectivity index (χ2v) is 9.15. The number of carbonyl (C=O) groups is 2. The molecule has 0 aliphatic heterocycles. The molecule has 3 aromatic rings. The van der Waals surface area contributed by atoms with Crippen LogP contribution in [0.5, 0.6) is 6.01 Å². The fraction of sp³-hybridized carbons (Fsp3) is 0.464. The van der Waals surface area contributed by atoms with Crippen LogP contribution in [-0.2, 0) is 36.8 Å². The van der Waals surface area contributed by atoms with Crippen LogP contribution in [0.3, 0.4) is 0 Å². The first-order chi connectivity index (χ1) is 19.8. The quantitative estimate of drug-likeness (QED) is 0.141. The van der Waals surface area contributed by atoms with Crippen molar-refractivity contribution in [1.29, 1.82) is 0 Å². The lowest BCUT2D eigenvalue weighted by molar-refractivity contribution is -0.122. The highest BCUT2D eigenvalue weighted by molar-refractivity contribution is 5.98. The van der Waals surface area contributed by atoms with Crippen molar-refractivity contribution in [2.24, 2.45) is 0 Å². The zero-order chi connectivity index (χ0) is 29.6. The van der Waals surface area contributed by atoms with Gasteiger partial charge in [-0.25, -0.2) is 4.79 Å². The first-order valence-electron chi connectivity index (χ1n) is 13.4. The number of nitrogen functional groups attached to an aromatic ring is 1. The lowest BCUT2D eigenvalue weighted by atomic mass is 10.0. The van der Waals surface area contributed by atoms with Gasteiger partial charge in [-0.15, -0.1) is 0 Å². The van der Waals surface area contributed by atoms with E-state index >= 15 is 0 Å². The third-order valence-corrected chi connectivity index (χ3v) is 6.04. The molecule has 2 heterocycles. The van der Waals surface area contributed by atoms with Crippen LogP contribution in [0.25, 0.3) is 11.2 Å². The van der Waals surface area contributed by atoms with E-state index in [-0.39, 0.29) is 60.8 Å². The molecule has 3 rings (SSSR count). The van der Waals surface area contributed by atoms with Crippen LogP contribution in [0.1, 0.15) is 30.9 Å². The summed E-state index contributed by atoms with van der Waals surface area (Å²) in [5.41, 5.74) is 8.33. The van der Waals surface area contributed by atoms with Gasteiger partial charge in [0, 0.05) is 38.7 Å². The smallest absolute Gasteiger partial charge is 0.328 e. The van der Waals surface area contributed by atoms with Gasteiger partial charge >= 0.3 is 11.7 Å². The molecular formula is C28H38N6O7. The molecule has 2 aromatic heterocycles. The predicted octanol–water partition coefficient (Wildman–Crippen LogP) is 1.39. The summed E-state index contributed by atoms with van der Waals surface area (Å²) in [7, 11) is 1.55. The van der Waals surface area contributed by atoms with E-state index in [4.69, 9.17) is 24.7 Å². The summed E-state index contributed by atoms with van der Waals surface area (Å²) >= 11 is 0. The molecule has 0 unspecified atom stereocenters. The molecule has 0 atom stereocenters. The van der Waals surface area contributed by atoms with Crippen molar-refractivity contribution in [3.63, 3.8) is 0 Å². The summed E-state index contributed by atoms with van der Waals surface area (Å²) in [6.45, 7) is 8.79. The number of fused-ring (bicyclic) bond motifs is 1. The van der Waals surface area contributed by atoms with Gasteiger partial charge in [0.25, 0.3) is 0 Å². The Kier molecular flexibility index (Phi) is 12.5. The number of hydrogen-bond donors (Lipinski definition) is 3. The molecule has 4 N–H and O–H groups in total. The van der Waals surface area contributed by atoms with E-state index < -0.39 is 0 Å². The number of aryl methyl sites for hydroxylation is 1. The molecule has 41 heavy (non-hydrogen) atoms. The SMILES string of the molecule is C=C(CC(=O)CCc1ccc(Cn2c(=O)[nH]c3c(N)nc(OCCOC)nc32)cc1)C(=O)NCCOCCOCC. The summed E-state index contributed by atoms with van der Waals surface area (Å²) in [5.74, 6) is -0.321. The van der Waals surface area contributed by atoms with Gasteiger partial charge in [-0.05, 0) is 24.5 Å². The van der Waals surface area contributed by atoms with Crippen LogP contribution < -0.4 is 21.5 Å². The predicted molar refractivity (Wildman–Crippen MR) is 153 cm³/mol. The maximum Gasteiger partial charge on any atom is 0.328 e. The molecule has 0 radical (unpaired) electrons. The number of aromatic nitrogens is 4. The number of ketones is 1. The first kappa shape index (κ1) is 31.5. The van der Waals surface area contributed by atoms with Crippen LogP contribution in [-0.4, -0.2) is 84.5 Å². The van der Waals surface area contributed by atoms with E-state index in [1.165, 1.54) is 4.57 Å². The number of nitrogens with one attached hydrogen (secondary N) is 2. The average molecular weight is 571 g/mol. The molecule has 1 amide bonds. The first-order valence-corrected chi connectivity index (χ1v) is 13.4. The number of ether oxygens (including phenoxy) is 4. The van der Waals surface area contributed by atoms with E-state index in [1.807, 2.05) is 31.2 Å². The van der Waals surface area contributed by atoms with E-state index in [1.54, 1.807) is 7.11 Å². The molecular weight excluding hydrogens is 532 g/mol. The van der Waals surface area contributed by atoms with Gasteiger partial charge in [0.05, 0.1) is 33.0 Å². The minimum absolute atomic E-state index is 0.0131. The number of nitrogens with zero attached hydrogens (tertiary/aromatic N) is 3. The summed E-state index contributed by atoms with van der Waals surface area (Å²) < 4.78 is 22.4. The molecule has 0 aliphatic carbocycles. The average Bonchev–Trinajstić information content (AvgIpc) is 3.27. The summed E-state index contributed by atoms with van der Waals surface area (Å²) in [6, 6.07) is 7.63. The second-order valence-electron chi connectivity index (χ2n) is 9.15. The van der Waals surface area contributed by atoms with Crippen molar-refractivity contribution >= 4 is 28.7 Å².